The second-order valence-corrected chi connectivity index (χ2v) is 13.6. The van der Waals surface area contributed by atoms with Crippen molar-refractivity contribution in [2.75, 3.05) is 0 Å². The molecule has 0 spiro atoms. The molecular formula is C49H31N3O. The fourth-order valence-corrected chi connectivity index (χ4v) is 8.01. The van der Waals surface area contributed by atoms with Crippen LogP contribution in [0.2, 0.25) is 0 Å². The fourth-order valence-electron chi connectivity index (χ4n) is 8.01. The third-order valence-electron chi connectivity index (χ3n) is 10.5. The Hall–Kier alpha value is -7.17. The van der Waals surface area contributed by atoms with Crippen LogP contribution in [0.25, 0.3) is 99.8 Å². The molecule has 0 atom stereocenters. The second kappa shape index (κ2) is 11.7. The first-order valence-electron chi connectivity index (χ1n) is 18.0. The summed E-state index contributed by atoms with van der Waals surface area (Å²) in [6.45, 7) is 0. The lowest BCUT2D eigenvalue weighted by molar-refractivity contribution is 0.669. The zero-order chi connectivity index (χ0) is 34.9. The van der Waals surface area contributed by atoms with Crippen LogP contribution < -0.4 is 0 Å². The molecule has 0 radical (unpaired) electrons. The zero-order valence-corrected chi connectivity index (χ0v) is 28.6. The number of aromatic nitrogens is 3. The molecule has 0 amide bonds. The van der Waals surface area contributed by atoms with Crippen LogP contribution in [0.5, 0.6) is 0 Å². The minimum atomic E-state index is 0.885. The summed E-state index contributed by atoms with van der Waals surface area (Å²) in [5.41, 5.74) is 14.2. The van der Waals surface area contributed by atoms with E-state index < -0.39 is 0 Å². The predicted molar refractivity (Wildman–Crippen MR) is 219 cm³/mol. The average Bonchev–Trinajstić information content (AvgIpc) is 3.90. The van der Waals surface area contributed by atoms with Crippen LogP contribution >= 0.6 is 0 Å². The molecule has 11 rings (SSSR count). The molecule has 11 aromatic rings. The van der Waals surface area contributed by atoms with E-state index in [0.29, 0.717) is 0 Å². The number of furan rings is 1. The molecule has 0 saturated heterocycles. The summed E-state index contributed by atoms with van der Waals surface area (Å²) in [5.74, 6) is 0.926. The van der Waals surface area contributed by atoms with Crippen molar-refractivity contribution in [1.82, 2.24) is 14.1 Å². The molecule has 8 aromatic carbocycles. The van der Waals surface area contributed by atoms with Crippen molar-refractivity contribution < 1.29 is 4.42 Å². The molecule has 0 N–H and O–H groups in total. The molecule has 0 aliphatic carbocycles. The molecule has 0 aliphatic heterocycles. The van der Waals surface area contributed by atoms with Gasteiger partial charge in [0.2, 0.25) is 0 Å². The lowest BCUT2D eigenvalue weighted by Crippen LogP contribution is -1.97. The molecule has 53 heavy (non-hydrogen) atoms. The van der Waals surface area contributed by atoms with Crippen molar-refractivity contribution in [3.05, 3.63) is 188 Å². The largest absolute Gasteiger partial charge is 0.456 e. The van der Waals surface area contributed by atoms with Gasteiger partial charge in [-0.1, -0.05) is 109 Å². The van der Waals surface area contributed by atoms with Gasteiger partial charge in [-0.2, -0.15) is 0 Å². The maximum Gasteiger partial charge on any atom is 0.145 e. The van der Waals surface area contributed by atoms with E-state index in [1.165, 1.54) is 27.4 Å². The van der Waals surface area contributed by atoms with Crippen LogP contribution in [-0.2, 0) is 0 Å². The fraction of sp³-hybridized carbons (Fsp3) is 0. The Bertz CT molecular complexity index is 3150. The van der Waals surface area contributed by atoms with Gasteiger partial charge < -0.3 is 8.98 Å². The first kappa shape index (κ1) is 29.5. The van der Waals surface area contributed by atoms with Gasteiger partial charge in [-0.15, -0.1) is 0 Å². The number of fused-ring (bicyclic) bond motifs is 7. The molecule has 3 aromatic heterocycles. The van der Waals surface area contributed by atoms with Crippen LogP contribution in [-0.4, -0.2) is 14.1 Å². The van der Waals surface area contributed by atoms with Gasteiger partial charge in [-0.3, -0.25) is 4.57 Å². The minimum absolute atomic E-state index is 0.885. The number of benzene rings is 8. The van der Waals surface area contributed by atoms with Crippen molar-refractivity contribution in [3.63, 3.8) is 0 Å². The Morgan fingerprint density at radius 2 is 0.830 bits per heavy atom. The molecule has 248 valence electrons. The number of nitrogens with zero attached hydrogens (tertiary/aromatic N) is 3. The van der Waals surface area contributed by atoms with Crippen LogP contribution in [0.15, 0.2) is 192 Å². The van der Waals surface area contributed by atoms with Crippen LogP contribution in [0.1, 0.15) is 0 Å². The number of rotatable bonds is 5. The number of hydrogen-bond donors (Lipinski definition) is 0. The molecule has 0 aliphatic rings. The summed E-state index contributed by atoms with van der Waals surface area (Å²) >= 11 is 0. The lowest BCUT2D eigenvalue weighted by atomic mass is 9.99. The van der Waals surface area contributed by atoms with Gasteiger partial charge in [-0.25, -0.2) is 4.98 Å². The first-order valence-corrected chi connectivity index (χ1v) is 18.0. The van der Waals surface area contributed by atoms with Gasteiger partial charge >= 0.3 is 0 Å². The van der Waals surface area contributed by atoms with Gasteiger partial charge in [0.25, 0.3) is 0 Å². The zero-order valence-electron chi connectivity index (χ0n) is 28.6. The Balaban J connectivity index is 0.984. The van der Waals surface area contributed by atoms with Gasteiger partial charge in [0.15, 0.2) is 0 Å². The topological polar surface area (TPSA) is 35.9 Å². The van der Waals surface area contributed by atoms with Gasteiger partial charge in [0.1, 0.15) is 17.0 Å². The van der Waals surface area contributed by atoms with Crippen molar-refractivity contribution in [1.29, 1.82) is 0 Å². The molecule has 0 fully saturated rings. The summed E-state index contributed by atoms with van der Waals surface area (Å²) in [6, 6.07) is 66.7. The summed E-state index contributed by atoms with van der Waals surface area (Å²) in [4.78, 5) is 5.06. The number of imidazole rings is 1. The van der Waals surface area contributed by atoms with Crippen LogP contribution in [0, 0.1) is 0 Å². The van der Waals surface area contributed by atoms with E-state index in [4.69, 9.17) is 9.40 Å². The minimum Gasteiger partial charge on any atom is -0.456 e. The van der Waals surface area contributed by atoms with E-state index in [0.717, 1.165) is 72.4 Å². The molecule has 0 bridgehead atoms. The van der Waals surface area contributed by atoms with Crippen molar-refractivity contribution in [2.24, 2.45) is 0 Å². The molecule has 0 unspecified atom stereocenters. The average molecular weight is 678 g/mol. The normalized spacial score (nSPS) is 11.8. The molecule has 3 heterocycles. The highest BCUT2D eigenvalue weighted by Gasteiger charge is 2.17. The number of para-hydroxylation sites is 5. The van der Waals surface area contributed by atoms with E-state index in [2.05, 4.69) is 185 Å². The smallest absolute Gasteiger partial charge is 0.145 e. The SMILES string of the molecule is c1ccc(-n2c(-c3ccc(-c4ccc5oc6ccc(-c7ccc8c(c7)c7ccccc7n8-c7ccccc7)cc6c5c4)cc3)nc3ccccc32)cc1. The van der Waals surface area contributed by atoms with E-state index in [1.807, 2.05) is 12.1 Å². The lowest BCUT2D eigenvalue weighted by Gasteiger charge is -2.10. The van der Waals surface area contributed by atoms with Crippen molar-refractivity contribution >= 4 is 54.8 Å². The van der Waals surface area contributed by atoms with Crippen molar-refractivity contribution in [3.8, 4) is 45.0 Å². The molecule has 4 heteroatoms. The molecule has 4 nitrogen and oxygen atoms in total. The summed E-state index contributed by atoms with van der Waals surface area (Å²) in [6.07, 6.45) is 0. The van der Waals surface area contributed by atoms with E-state index >= 15 is 0 Å². The second-order valence-electron chi connectivity index (χ2n) is 13.6. The molecule has 0 saturated carbocycles. The molecular weight excluding hydrogens is 647 g/mol. The third kappa shape index (κ3) is 4.73. The summed E-state index contributed by atoms with van der Waals surface area (Å²) in [7, 11) is 0. The van der Waals surface area contributed by atoms with Gasteiger partial charge in [0.05, 0.1) is 22.1 Å². The first-order chi connectivity index (χ1) is 26.3. The Morgan fingerprint density at radius 1 is 0.340 bits per heavy atom. The maximum atomic E-state index is 6.36. The quantitative estimate of drug-likeness (QED) is 0.182. The van der Waals surface area contributed by atoms with Crippen LogP contribution in [0.4, 0.5) is 0 Å². The highest BCUT2D eigenvalue weighted by atomic mass is 16.3. The highest BCUT2D eigenvalue weighted by molar-refractivity contribution is 6.11. The standard InChI is InChI=1S/C49H31N3O/c1-3-11-37(12-4-1)51-44-17-9-7-15-39(44)40-29-35(23-26-45(40)51)36-25-28-48-42(31-36)41-30-34(24-27-47(41)53-48)32-19-21-33(22-20-32)49-50-43-16-8-10-18-46(43)52(49)38-13-5-2-6-14-38/h1-31H. The van der Waals surface area contributed by atoms with Gasteiger partial charge in [0, 0.05) is 38.5 Å². The third-order valence-corrected chi connectivity index (χ3v) is 10.5. The van der Waals surface area contributed by atoms with Crippen LogP contribution in [0.3, 0.4) is 0 Å². The van der Waals surface area contributed by atoms with E-state index in [-0.39, 0.29) is 0 Å². The Labute approximate surface area is 305 Å². The monoisotopic (exact) mass is 677 g/mol. The number of hydrogen-bond acceptors (Lipinski definition) is 2. The van der Waals surface area contributed by atoms with E-state index in [9.17, 15) is 0 Å². The van der Waals surface area contributed by atoms with Gasteiger partial charge in [-0.05, 0) is 101 Å². The maximum absolute atomic E-state index is 6.36. The summed E-state index contributed by atoms with van der Waals surface area (Å²) < 4.78 is 11.0. The highest BCUT2D eigenvalue weighted by Crippen LogP contribution is 2.39. The van der Waals surface area contributed by atoms with Crippen molar-refractivity contribution in [2.45, 2.75) is 0 Å². The summed E-state index contributed by atoms with van der Waals surface area (Å²) in [5, 5.41) is 4.70. The Kier molecular flexibility index (Phi) is 6.52. The Morgan fingerprint density at radius 3 is 1.53 bits per heavy atom. The van der Waals surface area contributed by atoms with E-state index in [1.54, 1.807) is 0 Å². The predicted octanol–water partition coefficient (Wildman–Crippen LogP) is 13.0.